The second-order valence-electron chi connectivity index (χ2n) is 2.71. The molecule has 0 saturated carbocycles. The predicted octanol–water partition coefficient (Wildman–Crippen LogP) is 2.36. The van der Waals surface area contributed by atoms with E-state index in [1.54, 1.807) is 0 Å². The lowest BCUT2D eigenvalue weighted by Gasteiger charge is -2.14. The largest absolute Gasteiger partial charge is 0.280 e. The smallest absolute Gasteiger partial charge is 0.274 e. The zero-order valence-corrected chi connectivity index (χ0v) is 9.64. The quantitative estimate of drug-likeness (QED) is 0.615. The summed E-state index contributed by atoms with van der Waals surface area (Å²) >= 11 is 2.71. The lowest BCUT2D eigenvalue weighted by atomic mass is 10.2. The Balaban J connectivity index is 3.16. The number of rotatable bonds is 2. The van der Waals surface area contributed by atoms with Crippen LogP contribution in [0.3, 0.4) is 0 Å². The van der Waals surface area contributed by atoms with Crippen molar-refractivity contribution in [3.05, 3.63) is 33.8 Å². The summed E-state index contributed by atoms with van der Waals surface area (Å²) in [6, 6.07) is 2.07. The van der Waals surface area contributed by atoms with Gasteiger partial charge in [0.15, 0.2) is 5.82 Å². The Morgan fingerprint density at radius 1 is 1.47 bits per heavy atom. The van der Waals surface area contributed by atoms with Crippen LogP contribution in [0.1, 0.15) is 10.4 Å². The van der Waals surface area contributed by atoms with Crippen molar-refractivity contribution in [3.63, 3.8) is 0 Å². The van der Waals surface area contributed by atoms with Crippen LogP contribution in [-0.2, 0) is 4.84 Å². The molecule has 0 atom stereocenters. The fourth-order valence-electron chi connectivity index (χ4n) is 0.944. The van der Waals surface area contributed by atoms with E-state index in [0.717, 1.165) is 17.2 Å². The number of carbonyl (C=O) groups is 1. The van der Waals surface area contributed by atoms with Crippen molar-refractivity contribution in [2.75, 3.05) is 14.2 Å². The van der Waals surface area contributed by atoms with Crippen molar-refractivity contribution >= 4 is 21.8 Å². The van der Waals surface area contributed by atoms with E-state index in [1.807, 2.05) is 0 Å². The van der Waals surface area contributed by atoms with E-state index in [0.29, 0.717) is 0 Å². The Morgan fingerprint density at radius 3 is 2.60 bits per heavy atom. The Bertz CT molecular complexity index is 398. The normalized spacial score (nSPS) is 10.2. The van der Waals surface area contributed by atoms with Gasteiger partial charge in [0, 0.05) is 7.05 Å². The molecular weight excluding hydrogens is 272 g/mol. The molecule has 1 rings (SSSR count). The lowest BCUT2D eigenvalue weighted by molar-refractivity contribution is -0.0759. The second kappa shape index (κ2) is 4.67. The van der Waals surface area contributed by atoms with Gasteiger partial charge in [-0.25, -0.2) is 13.8 Å². The molecule has 1 aromatic carbocycles. The SMILES string of the molecule is CON(C)C(=O)c1ccc(F)c(Br)c1F. The minimum atomic E-state index is -0.941. The maximum absolute atomic E-state index is 13.4. The number of hydroxylamine groups is 2. The number of amides is 1. The molecule has 82 valence electrons. The predicted molar refractivity (Wildman–Crippen MR) is 53.2 cm³/mol. The molecule has 0 heterocycles. The van der Waals surface area contributed by atoms with Crippen LogP contribution < -0.4 is 0 Å². The van der Waals surface area contributed by atoms with Crippen LogP contribution in [0, 0.1) is 11.6 Å². The summed E-state index contributed by atoms with van der Waals surface area (Å²) in [6.07, 6.45) is 0. The Morgan fingerprint density at radius 2 is 2.07 bits per heavy atom. The minimum Gasteiger partial charge on any atom is -0.274 e. The zero-order chi connectivity index (χ0) is 11.6. The zero-order valence-electron chi connectivity index (χ0n) is 8.05. The molecule has 1 amide bonds. The van der Waals surface area contributed by atoms with Crippen LogP contribution >= 0.6 is 15.9 Å². The third kappa shape index (κ3) is 2.32. The maximum Gasteiger partial charge on any atom is 0.280 e. The van der Waals surface area contributed by atoms with Crippen molar-refractivity contribution in [1.29, 1.82) is 0 Å². The molecule has 0 bridgehead atoms. The first-order valence-corrected chi connectivity index (χ1v) is 4.74. The van der Waals surface area contributed by atoms with Gasteiger partial charge in [-0.1, -0.05) is 0 Å². The molecule has 0 fully saturated rings. The van der Waals surface area contributed by atoms with E-state index in [1.165, 1.54) is 14.2 Å². The van der Waals surface area contributed by atoms with Crippen LogP contribution in [0.5, 0.6) is 0 Å². The number of carbonyl (C=O) groups excluding carboxylic acids is 1. The second-order valence-corrected chi connectivity index (χ2v) is 3.50. The number of hydrogen-bond donors (Lipinski definition) is 0. The maximum atomic E-state index is 13.4. The van der Waals surface area contributed by atoms with Gasteiger partial charge in [-0.2, -0.15) is 0 Å². The number of nitrogens with zero attached hydrogens (tertiary/aromatic N) is 1. The van der Waals surface area contributed by atoms with E-state index in [9.17, 15) is 13.6 Å². The number of halogens is 3. The summed E-state index contributed by atoms with van der Waals surface area (Å²) < 4.78 is 25.9. The van der Waals surface area contributed by atoms with Gasteiger partial charge in [0.05, 0.1) is 17.1 Å². The van der Waals surface area contributed by atoms with Crippen LogP contribution in [0.2, 0.25) is 0 Å². The molecule has 0 N–H and O–H groups in total. The van der Waals surface area contributed by atoms with Crippen LogP contribution in [0.15, 0.2) is 16.6 Å². The molecular formula is C9H8BrF2NO2. The third-order valence-corrected chi connectivity index (χ3v) is 2.55. The van der Waals surface area contributed by atoms with Gasteiger partial charge in [0.25, 0.3) is 5.91 Å². The molecule has 0 radical (unpaired) electrons. The van der Waals surface area contributed by atoms with E-state index in [4.69, 9.17) is 0 Å². The highest BCUT2D eigenvalue weighted by molar-refractivity contribution is 9.10. The van der Waals surface area contributed by atoms with Crippen molar-refractivity contribution in [3.8, 4) is 0 Å². The van der Waals surface area contributed by atoms with Gasteiger partial charge < -0.3 is 0 Å². The van der Waals surface area contributed by atoms with E-state index in [2.05, 4.69) is 20.8 Å². The molecule has 0 aliphatic rings. The van der Waals surface area contributed by atoms with Gasteiger partial charge in [-0.05, 0) is 28.1 Å². The standard InChI is InChI=1S/C9H8BrF2NO2/c1-13(15-2)9(14)5-3-4-6(11)7(10)8(5)12/h3-4H,1-2H3. The Kier molecular flexibility index (Phi) is 3.76. The van der Waals surface area contributed by atoms with Crippen molar-refractivity contribution in [1.82, 2.24) is 5.06 Å². The Hall–Kier alpha value is -1.01. The number of benzene rings is 1. The summed E-state index contributed by atoms with van der Waals surface area (Å²) in [4.78, 5) is 16.1. The van der Waals surface area contributed by atoms with Gasteiger partial charge in [-0.15, -0.1) is 0 Å². The molecule has 3 nitrogen and oxygen atoms in total. The van der Waals surface area contributed by atoms with Gasteiger partial charge >= 0.3 is 0 Å². The van der Waals surface area contributed by atoms with Gasteiger partial charge in [0.2, 0.25) is 0 Å². The van der Waals surface area contributed by atoms with Crippen LogP contribution in [0.4, 0.5) is 8.78 Å². The first kappa shape index (κ1) is 12.1. The molecule has 6 heteroatoms. The summed E-state index contributed by atoms with van der Waals surface area (Å²) in [5, 5.41) is 0.850. The van der Waals surface area contributed by atoms with Crippen molar-refractivity contribution in [2.45, 2.75) is 0 Å². The van der Waals surface area contributed by atoms with E-state index in [-0.39, 0.29) is 10.0 Å². The first-order valence-electron chi connectivity index (χ1n) is 3.94. The van der Waals surface area contributed by atoms with E-state index < -0.39 is 17.5 Å². The van der Waals surface area contributed by atoms with Crippen LogP contribution in [-0.4, -0.2) is 25.1 Å². The molecule has 0 spiro atoms. The average Bonchev–Trinajstić information content (AvgIpc) is 2.24. The summed E-state index contributed by atoms with van der Waals surface area (Å²) in [6.45, 7) is 0. The summed E-state index contributed by atoms with van der Waals surface area (Å²) in [7, 11) is 2.60. The minimum absolute atomic E-state index is 0.257. The highest BCUT2D eigenvalue weighted by atomic mass is 79.9. The Labute approximate surface area is 93.7 Å². The highest BCUT2D eigenvalue weighted by Gasteiger charge is 2.19. The topological polar surface area (TPSA) is 29.5 Å². The van der Waals surface area contributed by atoms with E-state index >= 15 is 0 Å². The van der Waals surface area contributed by atoms with Gasteiger partial charge in [-0.3, -0.25) is 9.63 Å². The van der Waals surface area contributed by atoms with Crippen LogP contribution in [0.25, 0.3) is 0 Å². The fraction of sp³-hybridized carbons (Fsp3) is 0.222. The van der Waals surface area contributed by atoms with Crippen molar-refractivity contribution < 1.29 is 18.4 Å². The molecule has 0 aromatic heterocycles. The molecule has 0 aliphatic heterocycles. The molecule has 0 saturated heterocycles. The fourth-order valence-corrected chi connectivity index (χ4v) is 1.29. The average molecular weight is 280 g/mol. The lowest BCUT2D eigenvalue weighted by Crippen LogP contribution is -2.26. The first-order chi connectivity index (χ1) is 6.99. The number of hydrogen-bond acceptors (Lipinski definition) is 2. The van der Waals surface area contributed by atoms with Gasteiger partial charge in [0.1, 0.15) is 5.82 Å². The summed E-state index contributed by atoms with van der Waals surface area (Å²) in [5.74, 6) is -2.39. The highest BCUT2D eigenvalue weighted by Crippen LogP contribution is 2.23. The molecule has 15 heavy (non-hydrogen) atoms. The molecule has 0 unspecified atom stereocenters. The third-order valence-electron chi connectivity index (χ3n) is 1.83. The monoisotopic (exact) mass is 279 g/mol. The van der Waals surface area contributed by atoms with Crippen molar-refractivity contribution in [2.24, 2.45) is 0 Å². The molecule has 1 aromatic rings. The summed E-state index contributed by atoms with van der Waals surface area (Å²) in [5.41, 5.74) is -0.257. The molecule has 0 aliphatic carbocycles.